The molecule has 1 fully saturated rings. The second kappa shape index (κ2) is 3.55. The molecule has 0 aliphatic carbocycles. The highest BCUT2D eigenvalue weighted by Crippen LogP contribution is 2.29. The van der Waals surface area contributed by atoms with Gasteiger partial charge in [-0.15, -0.1) is 0 Å². The fourth-order valence-electron chi connectivity index (χ4n) is 1.59. The van der Waals surface area contributed by atoms with Crippen molar-refractivity contribution in [3.05, 3.63) is 0 Å². The van der Waals surface area contributed by atoms with Gasteiger partial charge in [-0.25, -0.2) is 14.3 Å². The summed E-state index contributed by atoms with van der Waals surface area (Å²) in [5.74, 6) is -4.42. The highest BCUT2D eigenvalue weighted by Gasteiger charge is 2.41. The van der Waals surface area contributed by atoms with Crippen LogP contribution in [-0.4, -0.2) is 42.1 Å². The molecule has 4 nitrogen and oxygen atoms in total. The van der Waals surface area contributed by atoms with Gasteiger partial charge in [0.05, 0.1) is 12.5 Å². The van der Waals surface area contributed by atoms with Crippen molar-refractivity contribution in [1.29, 1.82) is 0 Å². The van der Waals surface area contributed by atoms with Crippen LogP contribution in [0.3, 0.4) is 0 Å². The summed E-state index contributed by atoms with van der Waals surface area (Å²) in [6.45, 7) is -0.0792. The third-order valence-electron chi connectivity index (χ3n) is 2.06. The number of piperidine rings is 1. The second-order valence-corrected chi connectivity index (χ2v) is 3.43. The van der Waals surface area contributed by atoms with E-state index < -0.39 is 24.2 Å². The standard InChI is InChI=1S/C7H12F2N2O2/c1-11-3-5(6(12)10-13)2-7(8,9)4-11/h5,13H,2-4H2,1H3,(H,10,12). The zero-order chi connectivity index (χ0) is 10.1. The number of carbonyl (C=O) groups excluding carboxylic acids is 1. The molecule has 1 aliphatic heterocycles. The lowest BCUT2D eigenvalue weighted by molar-refractivity contribution is -0.143. The number of nitrogens with one attached hydrogen (secondary N) is 1. The van der Waals surface area contributed by atoms with Crippen LogP contribution in [0.4, 0.5) is 8.78 Å². The Bertz CT molecular complexity index is 211. The van der Waals surface area contributed by atoms with Crippen LogP contribution in [0.25, 0.3) is 0 Å². The van der Waals surface area contributed by atoms with Crippen molar-refractivity contribution < 1.29 is 18.8 Å². The smallest absolute Gasteiger partial charge is 0.261 e. The van der Waals surface area contributed by atoms with E-state index in [1.165, 1.54) is 17.4 Å². The van der Waals surface area contributed by atoms with Gasteiger partial charge in [-0.05, 0) is 7.05 Å². The van der Waals surface area contributed by atoms with E-state index in [0.29, 0.717) is 0 Å². The molecule has 0 aromatic heterocycles. The lowest BCUT2D eigenvalue weighted by Gasteiger charge is -2.34. The first-order valence-electron chi connectivity index (χ1n) is 3.95. The molecule has 2 N–H and O–H groups in total. The molecule has 0 aromatic rings. The molecule has 1 heterocycles. The Morgan fingerprint density at radius 2 is 2.31 bits per heavy atom. The van der Waals surface area contributed by atoms with Crippen LogP contribution in [-0.2, 0) is 4.79 Å². The normalized spacial score (nSPS) is 28.5. The first kappa shape index (κ1) is 10.3. The van der Waals surface area contributed by atoms with Crippen molar-refractivity contribution in [3.63, 3.8) is 0 Å². The maximum absolute atomic E-state index is 12.9. The largest absolute Gasteiger partial charge is 0.300 e. The summed E-state index contributed by atoms with van der Waals surface area (Å²) in [7, 11) is 1.52. The predicted molar refractivity (Wildman–Crippen MR) is 40.5 cm³/mol. The molecule has 1 aliphatic rings. The van der Waals surface area contributed by atoms with Gasteiger partial charge in [0.1, 0.15) is 0 Å². The zero-order valence-electron chi connectivity index (χ0n) is 7.26. The minimum atomic E-state index is -2.84. The summed E-state index contributed by atoms with van der Waals surface area (Å²) >= 11 is 0. The summed E-state index contributed by atoms with van der Waals surface area (Å²) in [4.78, 5) is 12.3. The average molecular weight is 194 g/mol. The summed E-state index contributed by atoms with van der Waals surface area (Å²) in [6.07, 6.45) is -0.496. The number of carbonyl (C=O) groups is 1. The number of nitrogens with zero attached hydrogens (tertiary/aromatic N) is 1. The SMILES string of the molecule is CN1CC(C(=O)NO)CC(F)(F)C1. The fourth-order valence-corrected chi connectivity index (χ4v) is 1.59. The molecule has 76 valence electrons. The Morgan fingerprint density at radius 3 is 2.77 bits per heavy atom. The van der Waals surface area contributed by atoms with Gasteiger partial charge in [0.15, 0.2) is 0 Å². The first-order chi connectivity index (χ1) is 5.94. The Hall–Kier alpha value is -0.750. The van der Waals surface area contributed by atoms with Crippen LogP contribution in [0, 0.1) is 5.92 Å². The molecule has 1 rings (SSSR count). The molecular formula is C7H12F2N2O2. The van der Waals surface area contributed by atoms with E-state index in [1.807, 2.05) is 0 Å². The van der Waals surface area contributed by atoms with Crippen LogP contribution in [0.15, 0.2) is 0 Å². The molecule has 1 saturated heterocycles. The number of likely N-dealkylation sites (tertiary alicyclic amines) is 1. The highest BCUT2D eigenvalue weighted by molar-refractivity contribution is 5.77. The number of halogens is 2. The van der Waals surface area contributed by atoms with Crippen molar-refractivity contribution in [3.8, 4) is 0 Å². The molecule has 0 spiro atoms. The Balaban J connectivity index is 2.62. The number of amides is 1. The van der Waals surface area contributed by atoms with Gasteiger partial charge in [-0.1, -0.05) is 0 Å². The molecule has 0 bridgehead atoms. The van der Waals surface area contributed by atoms with E-state index in [2.05, 4.69) is 0 Å². The van der Waals surface area contributed by atoms with E-state index in [-0.39, 0.29) is 13.1 Å². The minimum absolute atomic E-state index is 0.252. The minimum Gasteiger partial charge on any atom is -0.300 e. The molecule has 0 aromatic carbocycles. The lowest BCUT2D eigenvalue weighted by Crippen LogP contribution is -2.49. The van der Waals surface area contributed by atoms with Crippen molar-refractivity contribution in [2.75, 3.05) is 20.1 Å². The van der Waals surface area contributed by atoms with E-state index >= 15 is 0 Å². The number of hydroxylamine groups is 1. The highest BCUT2D eigenvalue weighted by atomic mass is 19.3. The molecule has 13 heavy (non-hydrogen) atoms. The Kier molecular flexibility index (Phi) is 2.82. The van der Waals surface area contributed by atoms with Crippen molar-refractivity contribution in [2.24, 2.45) is 5.92 Å². The van der Waals surface area contributed by atoms with Crippen LogP contribution in [0.1, 0.15) is 6.42 Å². The maximum atomic E-state index is 12.9. The van der Waals surface area contributed by atoms with Crippen molar-refractivity contribution >= 4 is 5.91 Å². The van der Waals surface area contributed by atoms with Crippen LogP contribution in [0.5, 0.6) is 0 Å². The van der Waals surface area contributed by atoms with Gasteiger partial charge in [-0.2, -0.15) is 0 Å². The molecule has 0 saturated carbocycles. The second-order valence-electron chi connectivity index (χ2n) is 3.43. The van der Waals surface area contributed by atoms with E-state index in [9.17, 15) is 13.6 Å². The number of hydrogen-bond donors (Lipinski definition) is 2. The van der Waals surface area contributed by atoms with E-state index in [0.717, 1.165) is 0 Å². The quantitative estimate of drug-likeness (QED) is 0.459. The van der Waals surface area contributed by atoms with Crippen molar-refractivity contribution in [2.45, 2.75) is 12.3 Å². The van der Waals surface area contributed by atoms with Gasteiger partial charge in [-0.3, -0.25) is 14.9 Å². The van der Waals surface area contributed by atoms with Gasteiger partial charge in [0.25, 0.3) is 5.92 Å². The third-order valence-corrected chi connectivity index (χ3v) is 2.06. The van der Waals surface area contributed by atoms with Gasteiger partial charge in [0.2, 0.25) is 5.91 Å². The number of hydrogen-bond acceptors (Lipinski definition) is 3. The van der Waals surface area contributed by atoms with Gasteiger partial charge >= 0.3 is 0 Å². The van der Waals surface area contributed by atoms with Crippen molar-refractivity contribution in [1.82, 2.24) is 10.4 Å². The summed E-state index contributed by atoms with van der Waals surface area (Å²) in [5.41, 5.74) is 1.39. The summed E-state index contributed by atoms with van der Waals surface area (Å²) in [6, 6.07) is 0. The van der Waals surface area contributed by atoms with Gasteiger partial charge < -0.3 is 0 Å². The van der Waals surface area contributed by atoms with Crippen LogP contribution in [0.2, 0.25) is 0 Å². The molecule has 0 radical (unpaired) electrons. The lowest BCUT2D eigenvalue weighted by atomic mass is 9.95. The monoisotopic (exact) mass is 194 g/mol. The third kappa shape index (κ3) is 2.60. The number of alkyl halides is 2. The topological polar surface area (TPSA) is 52.6 Å². The molecular weight excluding hydrogens is 182 g/mol. The van der Waals surface area contributed by atoms with E-state index in [1.54, 1.807) is 0 Å². The molecule has 1 unspecified atom stereocenters. The first-order valence-corrected chi connectivity index (χ1v) is 3.95. The van der Waals surface area contributed by atoms with Crippen LogP contribution >= 0.6 is 0 Å². The zero-order valence-corrected chi connectivity index (χ0v) is 7.26. The average Bonchev–Trinajstić information content (AvgIpc) is 1.99. The van der Waals surface area contributed by atoms with Crippen LogP contribution < -0.4 is 5.48 Å². The number of rotatable bonds is 1. The summed E-state index contributed by atoms with van der Waals surface area (Å²) in [5, 5.41) is 8.28. The predicted octanol–water partition coefficient (Wildman–Crippen LogP) is 0.0788. The van der Waals surface area contributed by atoms with E-state index in [4.69, 9.17) is 5.21 Å². The summed E-state index contributed by atoms with van der Waals surface area (Å²) < 4.78 is 25.8. The molecule has 1 atom stereocenters. The molecule has 1 amide bonds. The Morgan fingerprint density at radius 1 is 1.69 bits per heavy atom. The fraction of sp³-hybridized carbons (Fsp3) is 0.857. The van der Waals surface area contributed by atoms with Gasteiger partial charge in [0, 0.05) is 13.0 Å². The molecule has 6 heteroatoms. The maximum Gasteiger partial charge on any atom is 0.261 e. The Labute approximate surface area is 74.5 Å².